The Hall–Kier alpha value is -0.470. The smallest absolute Gasteiger partial charge is 0.0107 e. The van der Waals surface area contributed by atoms with Crippen molar-refractivity contribution in [2.75, 3.05) is 18.8 Å². The van der Waals surface area contributed by atoms with Crippen LogP contribution >= 0.6 is 11.8 Å². The highest BCUT2D eigenvalue weighted by atomic mass is 32.2. The van der Waals surface area contributed by atoms with Crippen LogP contribution in [0.1, 0.15) is 45.1 Å². The molecule has 1 nitrogen and oxygen atoms in total. The van der Waals surface area contributed by atoms with Gasteiger partial charge in [-0.3, -0.25) is 0 Å². The van der Waals surface area contributed by atoms with Crippen molar-refractivity contribution in [2.24, 2.45) is 11.8 Å². The third kappa shape index (κ3) is 4.54. The maximum absolute atomic E-state index is 3.55. The third-order valence-electron chi connectivity index (χ3n) is 3.85. The zero-order valence-corrected chi connectivity index (χ0v) is 13.3. The quantitative estimate of drug-likeness (QED) is 0.734. The van der Waals surface area contributed by atoms with Gasteiger partial charge in [0.25, 0.3) is 0 Å². The first-order chi connectivity index (χ1) is 9.16. The average molecular weight is 277 g/mol. The Labute approximate surface area is 122 Å². The molecule has 0 aromatic heterocycles. The molecule has 2 atom stereocenters. The van der Waals surface area contributed by atoms with Gasteiger partial charge in [-0.05, 0) is 55.3 Å². The molecular formula is C17H27NS. The van der Waals surface area contributed by atoms with Crippen molar-refractivity contribution in [1.29, 1.82) is 0 Å². The molecule has 0 radical (unpaired) electrons. The Morgan fingerprint density at radius 3 is 2.84 bits per heavy atom. The molecule has 2 unspecified atom stereocenters. The van der Waals surface area contributed by atoms with E-state index >= 15 is 0 Å². The Balaban J connectivity index is 1.73. The monoisotopic (exact) mass is 277 g/mol. The summed E-state index contributed by atoms with van der Waals surface area (Å²) in [6.07, 6.45) is 2.64. The number of benzene rings is 1. The van der Waals surface area contributed by atoms with Crippen molar-refractivity contribution in [3.8, 4) is 0 Å². The standard InChI is InChI=1S/C17H27NS/c1-13(2)11-18-9-8-14(3)10-15-12-19-17-7-5-4-6-16(15)17/h4-7,13-15,18H,8-12H2,1-3H3. The predicted molar refractivity (Wildman–Crippen MR) is 86.0 cm³/mol. The topological polar surface area (TPSA) is 12.0 Å². The highest BCUT2D eigenvalue weighted by Gasteiger charge is 2.23. The van der Waals surface area contributed by atoms with Crippen LogP contribution in [0.5, 0.6) is 0 Å². The number of nitrogens with one attached hydrogen (secondary N) is 1. The number of hydrogen-bond acceptors (Lipinski definition) is 2. The van der Waals surface area contributed by atoms with Crippen LogP contribution in [0.15, 0.2) is 29.2 Å². The molecule has 19 heavy (non-hydrogen) atoms. The van der Waals surface area contributed by atoms with E-state index in [1.165, 1.54) is 30.0 Å². The molecule has 1 aliphatic rings. The van der Waals surface area contributed by atoms with Crippen molar-refractivity contribution in [3.63, 3.8) is 0 Å². The van der Waals surface area contributed by atoms with Gasteiger partial charge < -0.3 is 5.32 Å². The molecule has 2 rings (SSSR count). The van der Waals surface area contributed by atoms with Gasteiger partial charge in [-0.2, -0.15) is 0 Å². The molecule has 0 saturated carbocycles. The first-order valence-corrected chi connectivity index (χ1v) is 8.57. The molecule has 0 bridgehead atoms. The Bertz CT molecular complexity index is 389. The number of thioether (sulfide) groups is 1. The van der Waals surface area contributed by atoms with Crippen molar-refractivity contribution < 1.29 is 0 Å². The van der Waals surface area contributed by atoms with E-state index in [1.54, 1.807) is 5.56 Å². The molecule has 0 saturated heterocycles. The van der Waals surface area contributed by atoms with Crippen LogP contribution < -0.4 is 5.32 Å². The van der Waals surface area contributed by atoms with Crippen molar-refractivity contribution >= 4 is 11.8 Å². The van der Waals surface area contributed by atoms with Gasteiger partial charge in [-0.15, -0.1) is 11.8 Å². The normalized spacial score (nSPS) is 19.7. The fourth-order valence-electron chi connectivity index (χ4n) is 2.77. The summed E-state index contributed by atoms with van der Waals surface area (Å²) >= 11 is 2.03. The summed E-state index contributed by atoms with van der Waals surface area (Å²) in [5, 5.41) is 3.55. The van der Waals surface area contributed by atoms with Crippen LogP contribution in [0.25, 0.3) is 0 Å². The van der Waals surface area contributed by atoms with Crippen LogP contribution in [0.2, 0.25) is 0 Å². The lowest BCUT2D eigenvalue weighted by atomic mass is 9.89. The molecule has 1 heterocycles. The second-order valence-corrected chi connectivity index (χ2v) is 7.34. The molecular weight excluding hydrogens is 250 g/mol. The second kappa shape index (κ2) is 7.35. The molecule has 1 aliphatic heterocycles. The van der Waals surface area contributed by atoms with E-state index in [9.17, 15) is 0 Å². The lowest BCUT2D eigenvalue weighted by molar-refractivity contribution is 0.431. The molecule has 106 valence electrons. The van der Waals surface area contributed by atoms with Gasteiger partial charge in [0.05, 0.1) is 0 Å². The third-order valence-corrected chi connectivity index (χ3v) is 5.10. The van der Waals surface area contributed by atoms with Crippen LogP contribution in [-0.2, 0) is 0 Å². The Morgan fingerprint density at radius 2 is 2.05 bits per heavy atom. The second-order valence-electron chi connectivity index (χ2n) is 6.27. The summed E-state index contributed by atoms with van der Waals surface area (Å²) in [6.45, 7) is 9.25. The summed E-state index contributed by atoms with van der Waals surface area (Å²) in [4.78, 5) is 1.51. The van der Waals surface area contributed by atoms with E-state index in [-0.39, 0.29) is 0 Å². The SMILES string of the molecule is CC(C)CNCCC(C)CC1CSc2ccccc21. The van der Waals surface area contributed by atoms with Crippen LogP contribution in [0.3, 0.4) is 0 Å². The molecule has 1 aromatic rings. The van der Waals surface area contributed by atoms with Crippen LogP contribution in [-0.4, -0.2) is 18.8 Å². The first-order valence-electron chi connectivity index (χ1n) is 7.59. The summed E-state index contributed by atoms with van der Waals surface area (Å²) in [7, 11) is 0. The summed E-state index contributed by atoms with van der Waals surface area (Å²) in [5.41, 5.74) is 1.59. The molecule has 0 aliphatic carbocycles. The first kappa shape index (κ1) is 14.9. The van der Waals surface area contributed by atoms with E-state index in [2.05, 4.69) is 50.4 Å². The summed E-state index contributed by atoms with van der Waals surface area (Å²) in [6, 6.07) is 8.94. The van der Waals surface area contributed by atoms with Crippen molar-refractivity contribution in [3.05, 3.63) is 29.8 Å². The highest BCUT2D eigenvalue weighted by molar-refractivity contribution is 7.99. The minimum Gasteiger partial charge on any atom is -0.316 e. The van der Waals surface area contributed by atoms with E-state index in [4.69, 9.17) is 0 Å². The van der Waals surface area contributed by atoms with E-state index < -0.39 is 0 Å². The van der Waals surface area contributed by atoms with Gasteiger partial charge in [0.2, 0.25) is 0 Å². The zero-order chi connectivity index (χ0) is 13.7. The van der Waals surface area contributed by atoms with Crippen LogP contribution in [0, 0.1) is 11.8 Å². The van der Waals surface area contributed by atoms with Gasteiger partial charge >= 0.3 is 0 Å². The van der Waals surface area contributed by atoms with E-state index in [0.29, 0.717) is 0 Å². The minimum absolute atomic E-state index is 0.758. The lowest BCUT2D eigenvalue weighted by Crippen LogP contribution is -2.22. The molecule has 0 spiro atoms. The summed E-state index contributed by atoms with van der Waals surface area (Å²) in [5.74, 6) is 3.63. The maximum atomic E-state index is 3.55. The molecule has 0 amide bonds. The van der Waals surface area contributed by atoms with Crippen molar-refractivity contribution in [1.82, 2.24) is 5.32 Å². The van der Waals surface area contributed by atoms with Gasteiger partial charge in [0, 0.05) is 10.6 Å². The highest BCUT2D eigenvalue weighted by Crippen LogP contribution is 2.42. The molecule has 1 aromatic carbocycles. The fourth-order valence-corrected chi connectivity index (χ4v) is 4.04. The number of rotatable bonds is 7. The van der Waals surface area contributed by atoms with Gasteiger partial charge in [0.15, 0.2) is 0 Å². The lowest BCUT2D eigenvalue weighted by Gasteiger charge is -2.17. The van der Waals surface area contributed by atoms with Crippen LogP contribution in [0.4, 0.5) is 0 Å². The Morgan fingerprint density at radius 1 is 1.26 bits per heavy atom. The Kier molecular flexibility index (Phi) is 5.77. The maximum Gasteiger partial charge on any atom is 0.0107 e. The zero-order valence-electron chi connectivity index (χ0n) is 12.5. The van der Waals surface area contributed by atoms with E-state index in [0.717, 1.165) is 24.3 Å². The van der Waals surface area contributed by atoms with Crippen molar-refractivity contribution in [2.45, 2.75) is 44.4 Å². The minimum atomic E-state index is 0.758. The fraction of sp³-hybridized carbons (Fsp3) is 0.647. The predicted octanol–water partition coefficient (Wildman–Crippen LogP) is 4.54. The van der Waals surface area contributed by atoms with E-state index in [1.807, 2.05) is 11.8 Å². The average Bonchev–Trinajstić information content (AvgIpc) is 2.78. The van der Waals surface area contributed by atoms with Gasteiger partial charge in [-0.25, -0.2) is 0 Å². The summed E-state index contributed by atoms with van der Waals surface area (Å²) < 4.78 is 0. The van der Waals surface area contributed by atoms with Gasteiger partial charge in [0.1, 0.15) is 0 Å². The largest absolute Gasteiger partial charge is 0.316 e. The molecule has 1 N–H and O–H groups in total. The molecule has 2 heteroatoms. The van der Waals surface area contributed by atoms with Gasteiger partial charge in [-0.1, -0.05) is 39.0 Å². The number of fused-ring (bicyclic) bond motifs is 1. The molecule has 0 fully saturated rings. The number of hydrogen-bond donors (Lipinski definition) is 1.